The van der Waals surface area contributed by atoms with Crippen LogP contribution in [-0.4, -0.2) is 74.8 Å². The maximum Gasteiger partial charge on any atom is 0.255 e. The summed E-state index contributed by atoms with van der Waals surface area (Å²) >= 11 is 0. The number of ether oxygens (including phenoxy) is 2. The van der Waals surface area contributed by atoms with Crippen molar-refractivity contribution >= 4 is 15.9 Å². The Hall–Kier alpha value is -3.30. The van der Waals surface area contributed by atoms with E-state index in [9.17, 15) is 13.2 Å². The zero-order valence-electron chi connectivity index (χ0n) is 19.8. The van der Waals surface area contributed by atoms with Gasteiger partial charge < -0.3 is 18.9 Å². The molecule has 1 saturated heterocycles. The van der Waals surface area contributed by atoms with E-state index in [1.807, 2.05) is 66.1 Å². The molecule has 1 aliphatic rings. The molecule has 2 aromatic carbocycles. The summed E-state index contributed by atoms with van der Waals surface area (Å²) in [5.74, 6) is 1.11. The minimum Gasteiger partial charge on any atom is -0.493 e. The molecule has 3 aromatic rings. The van der Waals surface area contributed by atoms with Crippen molar-refractivity contribution in [1.82, 2.24) is 13.8 Å². The largest absolute Gasteiger partial charge is 0.493 e. The number of carbonyl (C=O) groups is 1. The predicted octanol–water partition coefficient (Wildman–Crippen LogP) is 3.19. The monoisotopic (exact) mass is 483 g/mol. The van der Waals surface area contributed by atoms with Gasteiger partial charge in [0.05, 0.1) is 31.7 Å². The molecule has 1 aromatic heterocycles. The number of rotatable bonds is 6. The van der Waals surface area contributed by atoms with Gasteiger partial charge in [0.15, 0.2) is 11.5 Å². The van der Waals surface area contributed by atoms with Crippen LogP contribution in [0.25, 0.3) is 16.9 Å². The lowest BCUT2D eigenvalue weighted by atomic mass is 10.1. The molecule has 180 valence electrons. The summed E-state index contributed by atoms with van der Waals surface area (Å²) in [6.45, 7) is 3.22. The van der Waals surface area contributed by atoms with Crippen molar-refractivity contribution in [3.63, 3.8) is 0 Å². The summed E-state index contributed by atoms with van der Waals surface area (Å²) in [4.78, 5) is 15.2. The standard InChI is InChI=1S/C25H29N3O5S/c1-18-21(25(29)26-12-14-27(15-13-26)34(4,30)31)17-22(19-8-6-5-7-9-19)28(18)20-10-11-23(32-2)24(16-20)33-3/h5-11,16-17H,12-15H2,1-4H3. The maximum atomic E-state index is 13.5. The molecule has 0 saturated carbocycles. The van der Waals surface area contributed by atoms with Crippen molar-refractivity contribution < 1.29 is 22.7 Å². The molecule has 4 rings (SSSR count). The van der Waals surface area contributed by atoms with Crippen molar-refractivity contribution in [3.8, 4) is 28.4 Å². The van der Waals surface area contributed by atoms with Crippen molar-refractivity contribution in [2.45, 2.75) is 6.92 Å². The molecule has 34 heavy (non-hydrogen) atoms. The van der Waals surface area contributed by atoms with Gasteiger partial charge in [0.2, 0.25) is 10.0 Å². The Labute approximate surface area is 200 Å². The summed E-state index contributed by atoms with van der Waals surface area (Å²) in [6.07, 6.45) is 1.20. The second kappa shape index (κ2) is 9.52. The summed E-state index contributed by atoms with van der Waals surface area (Å²) in [6, 6.07) is 17.5. The van der Waals surface area contributed by atoms with Gasteiger partial charge in [-0.2, -0.15) is 4.31 Å². The first-order valence-electron chi connectivity index (χ1n) is 11.0. The molecule has 1 amide bonds. The lowest BCUT2D eigenvalue weighted by Crippen LogP contribution is -2.50. The minimum absolute atomic E-state index is 0.109. The van der Waals surface area contributed by atoms with E-state index in [2.05, 4.69) is 0 Å². The average Bonchev–Trinajstić information content (AvgIpc) is 3.20. The van der Waals surface area contributed by atoms with Crippen molar-refractivity contribution in [3.05, 3.63) is 65.9 Å². The number of sulfonamides is 1. The second-order valence-electron chi connectivity index (χ2n) is 8.22. The number of nitrogens with zero attached hydrogens (tertiary/aromatic N) is 3. The van der Waals surface area contributed by atoms with Crippen molar-refractivity contribution in [2.24, 2.45) is 0 Å². The molecule has 0 N–H and O–H groups in total. The molecule has 2 heterocycles. The highest BCUT2D eigenvalue weighted by Gasteiger charge is 2.29. The Morgan fingerprint density at radius 3 is 2.12 bits per heavy atom. The van der Waals surface area contributed by atoms with Crippen LogP contribution < -0.4 is 9.47 Å². The van der Waals surface area contributed by atoms with E-state index in [4.69, 9.17) is 9.47 Å². The Morgan fingerprint density at radius 2 is 1.53 bits per heavy atom. The van der Waals surface area contributed by atoms with Crippen LogP contribution >= 0.6 is 0 Å². The molecule has 9 heteroatoms. The number of piperazine rings is 1. The fraction of sp³-hybridized carbons (Fsp3) is 0.320. The normalized spacial score (nSPS) is 14.8. The van der Waals surface area contributed by atoms with Crippen LogP contribution in [0.2, 0.25) is 0 Å². The van der Waals surface area contributed by atoms with E-state index in [0.717, 1.165) is 22.6 Å². The van der Waals surface area contributed by atoms with Crippen LogP contribution in [0.1, 0.15) is 16.1 Å². The van der Waals surface area contributed by atoms with Gasteiger partial charge >= 0.3 is 0 Å². The van der Waals surface area contributed by atoms with Crippen LogP contribution in [-0.2, 0) is 10.0 Å². The number of hydrogen-bond acceptors (Lipinski definition) is 5. The van der Waals surface area contributed by atoms with Crippen LogP contribution in [0.5, 0.6) is 11.5 Å². The smallest absolute Gasteiger partial charge is 0.255 e. The summed E-state index contributed by atoms with van der Waals surface area (Å²) in [7, 11) is -0.0837. The number of methoxy groups -OCH3 is 2. The van der Waals surface area contributed by atoms with Crippen LogP contribution in [0.15, 0.2) is 54.6 Å². The highest BCUT2D eigenvalue weighted by atomic mass is 32.2. The molecule has 0 bridgehead atoms. The zero-order valence-corrected chi connectivity index (χ0v) is 20.6. The van der Waals surface area contributed by atoms with Crippen LogP contribution in [0.4, 0.5) is 0 Å². The lowest BCUT2D eigenvalue weighted by Gasteiger charge is -2.33. The zero-order chi connectivity index (χ0) is 24.5. The number of carbonyl (C=O) groups excluding carboxylic acids is 1. The van der Waals surface area contributed by atoms with Crippen molar-refractivity contribution in [2.75, 3.05) is 46.7 Å². The summed E-state index contributed by atoms with van der Waals surface area (Å²) in [5.41, 5.74) is 4.07. The van der Waals surface area contributed by atoms with E-state index < -0.39 is 10.0 Å². The van der Waals surface area contributed by atoms with Gasteiger partial charge in [0, 0.05) is 43.6 Å². The molecule has 0 unspecified atom stereocenters. The molecule has 0 aliphatic carbocycles. The maximum absolute atomic E-state index is 13.5. The molecule has 8 nitrogen and oxygen atoms in total. The van der Waals surface area contributed by atoms with Crippen LogP contribution in [0.3, 0.4) is 0 Å². The fourth-order valence-electron chi connectivity index (χ4n) is 4.33. The van der Waals surface area contributed by atoms with Gasteiger partial charge in [-0.05, 0) is 30.7 Å². The Balaban J connectivity index is 1.76. The van der Waals surface area contributed by atoms with E-state index in [0.29, 0.717) is 43.2 Å². The quantitative estimate of drug-likeness (QED) is 0.538. The Kier molecular flexibility index (Phi) is 6.67. The number of amides is 1. The Bertz CT molecular complexity index is 1290. The first kappa shape index (κ1) is 23.8. The van der Waals surface area contributed by atoms with E-state index in [1.165, 1.54) is 10.6 Å². The molecular weight excluding hydrogens is 454 g/mol. The third-order valence-corrected chi connectivity index (χ3v) is 7.47. The third-order valence-electron chi connectivity index (χ3n) is 6.17. The van der Waals surface area contributed by atoms with Gasteiger partial charge in [-0.25, -0.2) is 8.42 Å². The second-order valence-corrected chi connectivity index (χ2v) is 10.2. The van der Waals surface area contributed by atoms with Gasteiger partial charge in [-0.15, -0.1) is 0 Å². The summed E-state index contributed by atoms with van der Waals surface area (Å²) in [5, 5.41) is 0. The first-order valence-corrected chi connectivity index (χ1v) is 12.8. The van der Waals surface area contributed by atoms with Gasteiger partial charge in [0.25, 0.3) is 5.91 Å². The van der Waals surface area contributed by atoms with Crippen molar-refractivity contribution in [1.29, 1.82) is 0 Å². The predicted molar refractivity (Wildman–Crippen MR) is 131 cm³/mol. The molecule has 1 fully saturated rings. The molecular formula is C25H29N3O5S. The highest BCUT2D eigenvalue weighted by Crippen LogP contribution is 2.34. The van der Waals surface area contributed by atoms with E-state index in [-0.39, 0.29) is 5.91 Å². The molecule has 0 atom stereocenters. The van der Waals surface area contributed by atoms with E-state index in [1.54, 1.807) is 19.1 Å². The van der Waals surface area contributed by atoms with Gasteiger partial charge in [0.1, 0.15) is 0 Å². The number of benzene rings is 2. The lowest BCUT2D eigenvalue weighted by molar-refractivity contribution is 0.0697. The fourth-order valence-corrected chi connectivity index (χ4v) is 5.16. The average molecular weight is 484 g/mol. The minimum atomic E-state index is -3.27. The topological polar surface area (TPSA) is 81.1 Å². The van der Waals surface area contributed by atoms with Crippen LogP contribution in [0, 0.1) is 6.92 Å². The van der Waals surface area contributed by atoms with Gasteiger partial charge in [-0.1, -0.05) is 30.3 Å². The highest BCUT2D eigenvalue weighted by molar-refractivity contribution is 7.88. The molecule has 1 aliphatic heterocycles. The van der Waals surface area contributed by atoms with E-state index >= 15 is 0 Å². The SMILES string of the molecule is COc1ccc(-n2c(-c3ccccc3)cc(C(=O)N3CCN(S(C)(=O)=O)CC3)c2C)cc1OC. The summed E-state index contributed by atoms with van der Waals surface area (Å²) < 4.78 is 38.0. The first-order chi connectivity index (χ1) is 16.2. The number of hydrogen-bond donors (Lipinski definition) is 0. The molecule has 0 spiro atoms. The molecule has 0 radical (unpaired) electrons. The van der Waals surface area contributed by atoms with Gasteiger partial charge in [-0.3, -0.25) is 4.79 Å². The third kappa shape index (κ3) is 4.53. The number of aromatic nitrogens is 1. The Morgan fingerprint density at radius 1 is 0.882 bits per heavy atom.